The summed E-state index contributed by atoms with van der Waals surface area (Å²) in [6, 6.07) is 1.21. The van der Waals surface area contributed by atoms with Crippen molar-refractivity contribution in [1.29, 1.82) is 0 Å². The molecule has 146 valence electrons. The summed E-state index contributed by atoms with van der Waals surface area (Å²) in [5, 5.41) is 10.0. The molecule has 0 aromatic carbocycles. The smallest absolute Gasteiger partial charge is 0.386 e. The van der Waals surface area contributed by atoms with Gasteiger partial charge in [-0.1, -0.05) is 0 Å². The number of phosphoric ester groups is 1. The van der Waals surface area contributed by atoms with Gasteiger partial charge >= 0.3 is 21.3 Å². The van der Waals surface area contributed by atoms with E-state index in [9.17, 15) is 28.3 Å². The maximum atomic E-state index is 13.1. The number of aliphatic hydroxyl groups excluding tert-OH is 1. The Hall–Kier alpha value is -1.47. The summed E-state index contributed by atoms with van der Waals surface area (Å²) in [5.41, 5.74) is 4.00. The number of ether oxygens (including phenoxy) is 1. The Balaban J connectivity index is 2.16. The van der Waals surface area contributed by atoms with E-state index >= 15 is 0 Å². The first-order valence-corrected chi connectivity index (χ1v) is 9.68. The van der Waals surface area contributed by atoms with Gasteiger partial charge in [0.2, 0.25) is 0 Å². The van der Waals surface area contributed by atoms with Crippen LogP contribution in [0.15, 0.2) is 29.0 Å². The second kappa shape index (κ2) is 7.64. The second-order valence-corrected chi connectivity index (χ2v) is 7.79. The van der Waals surface area contributed by atoms with E-state index in [1.807, 2.05) is 0 Å². The Kier molecular flexibility index (Phi) is 6.13. The van der Waals surface area contributed by atoms with Crippen molar-refractivity contribution in [1.82, 2.24) is 9.55 Å². The summed E-state index contributed by atoms with van der Waals surface area (Å²) in [6.45, 7) is -0.917. The molecule has 1 aromatic heterocycles. The highest BCUT2D eigenvalue weighted by Gasteiger charge is 2.43. The van der Waals surface area contributed by atoms with Crippen LogP contribution in [-0.4, -0.2) is 48.2 Å². The third-order valence-electron chi connectivity index (χ3n) is 3.12. The molecule has 2 rings (SSSR count). The molecule has 0 aliphatic carbocycles. The first-order valence-electron chi connectivity index (χ1n) is 6.66. The van der Waals surface area contributed by atoms with E-state index < -0.39 is 52.0 Å². The van der Waals surface area contributed by atoms with Crippen molar-refractivity contribution in [2.75, 3.05) is 12.3 Å². The average Bonchev–Trinajstić information content (AvgIpc) is 2.79. The molecule has 1 saturated heterocycles. The first-order chi connectivity index (χ1) is 11.9. The van der Waals surface area contributed by atoms with E-state index in [4.69, 9.17) is 20.3 Å². The van der Waals surface area contributed by atoms with Crippen LogP contribution in [0.5, 0.6) is 0 Å². The molecule has 0 spiro atoms. The van der Waals surface area contributed by atoms with E-state index in [-0.39, 0.29) is 12.1 Å². The molecule has 4 atom stereocenters. The maximum Gasteiger partial charge on any atom is 0.481 e. The summed E-state index contributed by atoms with van der Waals surface area (Å²) in [7, 11) is -10.5. The van der Waals surface area contributed by atoms with Crippen LogP contribution >= 0.6 is 15.6 Å². The first kappa shape index (κ1) is 20.8. The molecule has 26 heavy (non-hydrogen) atoms. The van der Waals surface area contributed by atoms with E-state index in [1.54, 1.807) is 0 Å². The molecular formula is C10H14FN3O10P2. The van der Waals surface area contributed by atoms with Gasteiger partial charge in [0.25, 0.3) is 0 Å². The molecule has 13 nitrogen and oxygen atoms in total. The number of nitrogens with zero attached hydrogens (tertiary/aromatic N) is 2. The number of aromatic nitrogens is 2. The van der Waals surface area contributed by atoms with Gasteiger partial charge in [-0.3, -0.25) is 9.09 Å². The van der Waals surface area contributed by atoms with Gasteiger partial charge in [-0.2, -0.15) is 9.29 Å². The van der Waals surface area contributed by atoms with E-state index in [2.05, 4.69) is 13.8 Å². The molecule has 2 heterocycles. The zero-order chi connectivity index (χ0) is 19.7. The van der Waals surface area contributed by atoms with Gasteiger partial charge in [0, 0.05) is 11.8 Å². The van der Waals surface area contributed by atoms with Gasteiger partial charge < -0.3 is 30.3 Å². The normalized spacial score (nSPS) is 27.6. The standard InChI is InChI=1S/C10H14FN3O10P2/c11-3-5-8(15)6(4-22-26(20,21)24-25(17,18)19)23-9(5)14-2-1-7(12)13-10(14)16/h1-3,6,8-9,15H,4H2,(H,20,21)(H2,12,13,16)(H2,17,18,19)/b5-3-/t6-,8+,9-/m1/s1. The topological polar surface area (TPSA) is 204 Å². The Labute approximate surface area is 144 Å². The minimum absolute atomic E-state index is 0.0250. The SMILES string of the molecule is Nc1ccn([C@@H]2O[C@H](COP(=O)(O)OP(=O)(O)O)[C@@H](O)/C2=C/F)c(=O)n1. The highest BCUT2D eigenvalue weighted by atomic mass is 31.3. The minimum Gasteiger partial charge on any atom is -0.386 e. The average molecular weight is 417 g/mol. The van der Waals surface area contributed by atoms with Crippen LogP contribution in [0.1, 0.15) is 6.23 Å². The van der Waals surface area contributed by atoms with Gasteiger partial charge in [-0.25, -0.2) is 18.3 Å². The fraction of sp³-hybridized carbons (Fsp3) is 0.400. The van der Waals surface area contributed by atoms with Gasteiger partial charge in [0.15, 0.2) is 6.23 Å². The van der Waals surface area contributed by atoms with Crippen molar-refractivity contribution in [2.45, 2.75) is 18.4 Å². The van der Waals surface area contributed by atoms with Crippen molar-refractivity contribution >= 4 is 21.5 Å². The summed E-state index contributed by atoms with van der Waals surface area (Å²) >= 11 is 0. The highest BCUT2D eigenvalue weighted by Crippen LogP contribution is 2.57. The molecule has 1 aliphatic heterocycles. The van der Waals surface area contributed by atoms with E-state index in [0.29, 0.717) is 0 Å². The second-order valence-electron chi connectivity index (χ2n) is 4.96. The summed E-state index contributed by atoms with van der Waals surface area (Å²) in [5.74, 6) is -0.105. The predicted molar refractivity (Wildman–Crippen MR) is 80.9 cm³/mol. The number of rotatable bonds is 6. The van der Waals surface area contributed by atoms with Crippen LogP contribution in [0.3, 0.4) is 0 Å². The van der Waals surface area contributed by atoms with Gasteiger partial charge in [0.1, 0.15) is 18.0 Å². The minimum atomic E-state index is -5.33. The fourth-order valence-corrected chi connectivity index (χ4v) is 3.68. The molecule has 0 radical (unpaired) electrons. The number of halogens is 1. The zero-order valence-electron chi connectivity index (χ0n) is 12.7. The third kappa shape index (κ3) is 5.04. The molecule has 1 aromatic rings. The molecule has 1 unspecified atom stereocenters. The van der Waals surface area contributed by atoms with Crippen LogP contribution < -0.4 is 11.4 Å². The molecule has 1 aliphatic rings. The molecule has 0 bridgehead atoms. The van der Waals surface area contributed by atoms with Crippen LogP contribution in [-0.2, 0) is 22.7 Å². The number of hydrogen-bond acceptors (Lipinski definition) is 9. The van der Waals surface area contributed by atoms with Crippen molar-refractivity contribution < 1.29 is 46.9 Å². The monoisotopic (exact) mass is 417 g/mol. The van der Waals surface area contributed by atoms with Crippen LogP contribution in [0, 0.1) is 0 Å². The van der Waals surface area contributed by atoms with E-state index in [1.165, 1.54) is 6.07 Å². The van der Waals surface area contributed by atoms with Crippen LogP contribution in [0.2, 0.25) is 0 Å². The quantitative estimate of drug-likeness (QED) is 0.360. The number of hydrogen-bond donors (Lipinski definition) is 5. The lowest BCUT2D eigenvalue weighted by molar-refractivity contribution is -0.0438. The van der Waals surface area contributed by atoms with E-state index in [0.717, 1.165) is 10.8 Å². The molecule has 1 fully saturated rings. The molecular weight excluding hydrogens is 403 g/mol. The lowest BCUT2D eigenvalue weighted by Gasteiger charge is -2.17. The predicted octanol–water partition coefficient (Wildman–Crippen LogP) is -0.837. The van der Waals surface area contributed by atoms with Crippen LogP contribution in [0.25, 0.3) is 0 Å². The highest BCUT2D eigenvalue weighted by molar-refractivity contribution is 7.60. The summed E-state index contributed by atoms with van der Waals surface area (Å²) in [4.78, 5) is 41.4. The van der Waals surface area contributed by atoms with Gasteiger partial charge in [-0.15, -0.1) is 0 Å². The number of nitrogens with two attached hydrogens (primary N) is 1. The summed E-state index contributed by atoms with van der Waals surface area (Å²) < 4.78 is 49.0. The Bertz CT molecular complexity index is 854. The maximum absolute atomic E-state index is 13.1. The van der Waals surface area contributed by atoms with Crippen molar-refractivity contribution in [3.63, 3.8) is 0 Å². The molecule has 0 saturated carbocycles. The summed E-state index contributed by atoms with van der Waals surface area (Å²) in [6.07, 6.45) is -3.52. The zero-order valence-corrected chi connectivity index (χ0v) is 14.4. The molecule has 16 heteroatoms. The fourth-order valence-electron chi connectivity index (χ4n) is 2.08. The lowest BCUT2D eigenvalue weighted by atomic mass is 10.1. The number of nitrogen functional groups attached to an aromatic ring is 1. The van der Waals surface area contributed by atoms with Crippen molar-refractivity contribution in [2.24, 2.45) is 0 Å². The van der Waals surface area contributed by atoms with Crippen molar-refractivity contribution in [3.8, 4) is 0 Å². The van der Waals surface area contributed by atoms with Crippen LogP contribution in [0.4, 0.5) is 10.2 Å². The number of aliphatic hydroxyl groups is 1. The molecule has 6 N–H and O–H groups in total. The Morgan fingerprint density at radius 1 is 1.42 bits per heavy atom. The lowest BCUT2D eigenvalue weighted by Crippen LogP contribution is -2.28. The Morgan fingerprint density at radius 3 is 2.62 bits per heavy atom. The molecule has 0 amide bonds. The Morgan fingerprint density at radius 2 is 2.08 bits per heavy atom. The number of phosphoric acid groups is 2. The number of anilines is 1. The third-order valence-corrected chi connectivity index (χ3v) is 5.28. The largest absolute Gasteiger partial charge is 0.481 e. The van der Waals surface area contributed by atoms with Gasteiger partial charge in [0.05, 0.1) is 12.9 Å². The van der Waals surface area contributed by atoms with Crippen molar-refractivity contribution in [3.05, 3.63) is 34.7 Å². The van der Waals surface area contributed by atoms with Gasteiger partial charge in [-0.05, 0) is 6.07 Å².